The third kappa shape index (κ3) is 3.74. The molecule has 1 aromatic rings. The Morgan fingerprint density at radius 3 is 2.56 bits per heavy atom. The highest BCUT2D eigenvalue weighted by Crippen LogP contribution is 2.25. The van der Waals surface area contributed by atoms with Gasteiger partial charge in [0.25, 0.3) is 0 Å². The molecule has 18 heavy (non-hydrogen) atoms. The molecule has 1 saturated carbocycles. The number of hydrogen-bond donors (Lipinski definition) is 1. The van der Waals surface area contributed by atoms with E-state index in [4.69, 9.17) is 4.74 Å². The molecule has 2 rings (SSSR count). The number of nitrogens with one attached hydrogen (secondary N) is 1. The molecule has 1 aromatic carbocycles. The van der Waals surface area contributed by atoms with Crippen LogP contribution in [0.25, 0.3) is 0 Å². The summed E-state index contributed by atoms with van der Waals surface area (Å²) in [4.78, 5) is 0. The van der Waals surface area contributed by atoms with Crippen LogP contribution in [-0.4, -0.2) is 19.2 Å². The van der Waals surface area contributed by atoms with Crippen LogP contribution in [0.4, 0.5) is 0 Å². The smallest absolute Gasteiger partial charge is 0.125 e. The van der Waals surface area contributed by atoms with Gasteiger partial charge < -0.3 is 10.1 Å². The average molecular weight is 247 g/mol. The molecule has 1 aliphatic carbocycles. The van der Waals surface area contributed by atoms with Crippen molar-refractivity contribution < 1.29 is 4.74 Å². The van der Waals surface area contributed by atoms with E-state index in [9.17, 15) is 0 Å². The predicted molar refractivity (Wildman–Crippen MR) is 76.4 cm³/mol. The zero-order chi connectivity index (χ0) is 13.0. The minimum absolute atomic E-state index is 0.826. The highest BCUT2D eigenvalue weighted by atomic mass is 16.5. The molecule has 1 N–H and O–H groups in total. The molecule has 0 aliphatic heterocycles. The summed E-state index contributed by atoms with van der Waals surface area (Å²) < 4.78 is 5.94. The molecule has 0 radical (unpaired) electrons. The van der Waals surface area contributed by atoms with Crippen molar-refractivity contribution in [3.8, 4) is 5.75 Å². The van der Waals surface area contributed by atoms with E-state index in [1.807, 2.05) is 0 Å². The van der Waals surface area contributed by atoms with Gasteiger partial charge in [-0.15, -0.1) is 0 Å². The fourth-order valence-electron chi connectivity index (χ4n) is 2.14. The van der Waals surface area contributed by atoms with E-state index >= 15 is 0 Å². The van der Waals surface area contributed by atoms with Crippen molar-refractivity contribution in [2.75, 3.05) is 13.2 Å². The summed E-state index contributed by atoms with van der Waals surface area (Å²) in [7, 11) is 0. The van der Waals surface area contributed by atoms with Crippen LogP contribution < -0.4 is 10.1 Å². The Kier molecular flexibility index (Phi) is 4.65. The zero-order valence-corrected chi connectivity index (χ0v) is 11.9. The van der Waals surface area contributed by atoms with Crippen LogP contribution in [0, 0.1) is 20.8 Å². The number of rotatable bonds is 7. The molecule has 0 saturated heterocycles. The second kappa shape index (κ2) is 6.24. The molecular formula is C16H25NO. The maximum Gasteiger partial charge on any atom is 0.125 e. The van der Waals surface area contributed by atoms with Crippen molar-refractivity contribution in [1.29, 1.82) is 0 Å². The fourth-order valence-corrected chi connectivity index (χ4v) is 2.14. The molecule has 0 heterocycles. The van der Waals surface area contributed by atoms with Crippen molar-refractivity contribution in [3.05, 3.63) is 28.8 Å². The van der Waals surface area contributed by atoms with Crippen LogP contribution in [0.2, 0.25) is 0 Å². The first-order chi connectivity index (χ1) is 8.68. The molecule has 2 heteroatoms. The Balaban J connectivity index is 1.70. The molecule has 0 bridgehead atoms. The lowest BCUT2D eigenvalue weighted by atomic mass is 10.1. The largest absolute Gasteiger partial charge is 0.493 e. The number of benzene rings is 1. The molecule has 0 amide bonds. The van der Waals surface area contributed by atoms with Gasteiger partial charge in [-0.3, -0.25) is 0 Å². The molecule has 100 valence electrons. The quantitative estimate of drug-likeness (QED) is 0.744. The molecule has 0 atom stereocenters. The number of unbranched alkanes of at least 4 members (excludes halogenated alkanes) is 1. The third-order valence-electron chi connectivity index (χ3n) is 3.70. The number of hydrogen-bond acceptors (Lipinski definition) is 2. The van der Waals surface area contributed by atoms with E-state index in [1.54, 1.807) is 0 Å². The minimum atomic E-state index is 0.826. The molecule has 1 fully saturated rings. The Morgan fingerprint density at radius 2 is 1.83 bits per heavy atom. The Hall–Kier alpha value is -1.02. The molecule has 0 aromatic heterocycles. The number of aryl methyl sites for hydroxylation is 2. The van der Waals surface area contributed by atoms with Crippen LogP contribution >= 0.6 is 0 Å². The van der Waals surface area contributed by atoms with Crippen LogP contribution in [0.5, 0.6) is 5.75 Å². The van der Waals surface area contributed by atoms with Crippen LogP contribution in [-0.2, 0) is 0 Å². The van der Waals surface area contributed by atoms with Gasteiger partial charge in [0, 0.05) is 6.04 Å². The summed E-state index contributed by atoms with van der Waals surface area (Å²) in [6.45, 7) is 8.38. The Bertz CT molecular complexity index is 396. The lowest BCUT2D eigenvalue weighted by Crippen LogP contribution is -2.18. The first-order valence-corrected chi connectivity index (χ1v) is 7.11. The summed E-state index contributed by atoms with van der Waals surface area (Å²) in [5.41, 5.74) is 3.84. The Labute approximate surface area is 111 Å². The van der Waals surface area contributed by atoms with E-state index in [0.29, 0.717) is 0 Å². The molecule has 0 spiro atoms. The summed E-state index contributed by atoms with van der Waals surface area (Å²) in [6.07, 6.45) is 5.09. The number of ether oxygens (including phenoxy) is 1. The highest BCUT2D eigenvalue weighted by molar-refractivity contribution is 5.44. The maximum absolute atomic E-state index is 5.94. The molecule has 0 unspecified atom stereocenters. The van der Waals surface area contributed by atoms with Crippen LogP contribution in [0.1, 0.15) is 42.4 Å². The first-order valence-electron chi connectivity index (χ1n) is 7.11. The summed E-state index contributed by atoms with van der Waals surface area (Å²) in [5, 5.41) is 3.53. The van der Waals surface area contributed by atoms with E-state index in [0.717, 1.165) is 31.4 Å². The van der Waals surface area contributed by atoms with Crippen molar-refractivity contribution in [3.63, 3.8) is 0 Å². The normalized spacial score (nSPS) is 14.8. The molecule has 1 aliphatic rings. The lowest BCUT2D eigenvalue weighted by Gasteiger charge is -2.14. The second-order valence-corrected chi connectivity index (χ2v) is 5.44. The summed E-state index contributed by atoms with van der Waals surface area (Å²) >= 11 is 0. The maximum atomic E-state index is 5.94. The van der Waals surface area contributed by atoms with E-state index in [2.05, 4.69) is 38.2 Å². The van der Waals surface area contributed by atoms with E-state index in [1.165, 1.54) is 36.0 Å². The van der Waals surface area contributed by atoms with Gasteiger partial charge in [0.2, 0.25) is 0 Å². The minimum Gasteiger partial charge on any atom is -0.493 e. The van der Waals surface area contributed by atoms with Crippen LogP contribution in [0.15, 0.2) is 12.1 Å². The van der Waals surface area contributed by atoms with Crippen molar-refractivity contribution in [1.82, 2.24) is 5.32 Å². The second-order valence-electron chi connectivity index (χ2n) is 5.44. The van der Waals surface area contributed by atoms with Gasteiger partial charge in [0.1, 0.15) is 5.75 Å². The lowest BCUT2D eigenvalue weighted by molar-refractivity contribution is 0.301. The summed E-state index contributed by atoms with van der Waals surface area (Å²) in [6, 6.07) is 5.14. The van der Waals surface area contributed by atoms with Crippen molar-refractivity contribution >= 4 is 0 Å². The van der Waals surface area contributed by atoms with Gasteiger partial charge in [0.15, 0.2) is 0 Å². The first kappa shape index (κ1) is 13.4. The third-order valence-corrected chi connectivity index (χ3v) is 3.70. The van der Waals surface area contributed by atoms with Crippen molar-refractivity contribution in [2.24, 2.45) is 0 Å². The van der Waals surface area contributed by atoms with E-state index in [-0.39, 0.29) is 0 Å². The predicted octanol–water partition coefficient (Wildman–Crippen LogP) is 3.52. The average Bonchev–Trinajstić information content (AvgIpc) is 3.16. The highest BCUT2D eigenvalue weighted by Gasteiger charge is 2.19. The van der Waals surface area contributed by atoms with Crippen LogP contribution in [0.3, 0.4) is 0 Å². The SMILES string of the molecule is Cc1ccc(C)c(OCCCCNC2CC2)c1C. The van der Waals surface area contributed by atoms with Gasteiger partial charge in [-0.05, 0) is 69.7 Å². The Morgan fingerprint density at radius 1 is 1.11 bits per heavy atom. The molecular weight excluding hydrogens is 222 g/mol. The van der Waals surface area contributed by atoms with Gasteiger partial charge >= 0.3 is 0 Å². The van der Waals surface area contributed by atoms with Gasteiger partial charge in [-0.1, -0.05) is 12.1 Å². The zero-order valence-electron chi connectivity index (χ0n) is 11.9. The van der Waals surface area contributed by atoms with Gasteiger partial charge in [-0.25, -0.2) is 0 Å². The topological polar surface area (TPSA) is 21.3 Å². The monoisotopic (exact) mass is 247 g/mol. The van der Waals surface area contributed by atoms with Gasteiger partial charge in [0.05, 0.1) is 6.61 Å². The molecule has 2 nitrogen and oxygen atoms in total. The fraction of sp³-hybridized carbons (Fsp3) is 0.625. The standard InChI is InChI=1S/C16H25NO/c1-12-6-7-13(2)16(14(12)3)18-11-5-4-10-17-15-8-9-15/h6-7,15,17H,4-5,8-11H2,1-3H3. The van der Waals surface area contributed by atoms with Gasteiger partial charge in [-0.2, -0.15) is 0 Å². The summed E-state index contributed by atoms with van der Waals surface area (Å²) in [5.74, 6) is 1.09. The van der Waals surface area contributed by atoms with Crippen molar-refractivity contribution in [2.45, 2.75) is 52.5 Å². The van der Waals surface area contributed by atoms with E-state index < -0.39 is 0 Å².